The van der Waals surface area contributed by atoms with Crippen LogP contribution in [0.1, 0.15) is 29.3 Å². The minimum Gasteiger partial charge on any atom is -0.462 e. The summed E-state index contributed by atoms with van der Waals surface area (Å²) in [6.07, 6.45) is 0.656. The van der Waals surface area contributed by atoms with E-state index in [1.807, 2.05) is 6.07 Å². The third-order valence-corrected chi connectivity index (χ3v) is 1.88. The fourth-order valence-electron chi connectivity index (χ4n) is 1.18. The van der Waals surface area contributed by atoms with Crippen LogP contribution in [-0.2, 0) is 4.74 Å². The van der Waals surface area contributed by atoms with Crippen molar-refractivity contribution in [3.63, 3.8) is 0 Å². The van der Waals surface area contributed by atoms with Gasteiger partial charge in [0.25, 0.3) is 0 Å². The van der Waals surface area contributed by atoms with Crippen molar-refractivity contribution in [1.82, 2.24) is 0 Å². The molecule has 0 spiro atoms. The van der Waals surface area contributed by atoms with Crippen LogP contribution in [0.3, 0.4) is 0 Å². The standard InChI is InChI=1S/C13H15NO2/c1-2-16-13(15)12-8-5-7-11(10-12)6-3-4-9-14/h5,7-8,10H,2,4,9,14H2,1H3. The van der Waals surface area contributed by atoms with Crippen molar-refractivity contribution in [2.24, 2.45) is 5.73 Å². The number of rotatable bonds is 3. The quantitative estimate of drug-likeness (QED) is 0.617. The van der Waals surface area contributed by atoms with Crippen LogP contribution < -0.4 is 5.73 Å². The average Bonchev–Trinajstić information content (AvgIpc) is 2.30. The molecule has 0 saturated heterocycles. The molecule has 0 bridgehead atoms. The highest BCUT2D eigenvalue weighted by atomic mass is 16.5. The monoisotopic (exact) mass is 217 g/mol. The van der Waals surface area contributed by atoms with E-state index in [1.54, 1.807) is 25.1 Å². The van der Waals surface area contributed by atoms with Gasteiger partial charge < -0.3 is 10.5 Å². The van der Waals surface area contributed by atoms with Crippen molar-refractivity contribution < 1.29 is 9.53 Å². The lowest BCUT2D eigenvalue weighted by Crippen LogP contribution is -2.04. The Morgan fingerprint density at radius 2 is 2.31 bits per heavy atom. The third-order valence-electron chi connectivity index (χ3n) is 1.88. The normalized spacial score (nSPS) is 9.12. The summed E-state index contributed by atoms with van der Waals surface area (Å²) >= 11 is 0. The highest BCUT2D eigenvalue weighted by Crippen LogP contribution is 2.05. The molecule has 0 aliphatic carbocycles. The number of carbonyl (C=O) groups is 1. The van der Waals surface area contributed by atoms with E-state index < -0.39 is 0 Å². The summed E-state index contributed by atoms with van der Waals surface area (Å²) in [7, 11) is 0. The molecule has 0 aliphatic rings. The first kappa shape index (κ1) is 12.3. The van der Waals surface area contributed by atoms with Crippen molar-refractivity contribution in [1.29, 1.82) is 0 Å². The van der Waals surface area contributed by atoms with Gasteiger partial charge in [-0.2, -0.15) is 0 Å². The average molecular weight is 217 g/mol. The van der Waals surface area contributed by atoms with E-state index in [1.165, 1.54) is 0 Å². The van der Waals surface area contributed by atoms with Crippen molar-refractivity contribution in [3.8, 4) is 11.8 Å². The van der Waals surface area contributed by atoms with Crippen LogP contribution in [0.2, 0.25) is 0 Å². The van der Waals surface area contributed by atoms with Gasteiger partial charge in [0.2, 0.25) is 0 Å². The molecule has 84 valence electrons. The van der Waals surface area contributed by atoms with E-state index in [0.29, 0.717) is 25.1 Å². The molecule has 0 unspecified atom stereocenters. The van der Waals surface area contributed by atoms with Gasteiger partial charge >= 0.3 is 5.97 Å². The van der Waals surface area contributed by atoms with Gasteiger partial charge in [-0.15, -0.1) is 0 Å². The van der Waals surface area contributed by atoms with Crippen LogP contribution >= 0.6 is 0 Å². The molecular weight excluding hydrogens is 202 g/mol. The fourth-order valence-corrected chi connectivity index (χ4v) is 1.18. The Morgan fingerprint density at radius 3 is 3.00 bits per heavy atom. The summed E-state index contributed by atoms with van der Waals surface area (Å²) in [4.78, 5) is 11.4. The summed E-state index contributed by atoms with van der Waals surface area (Å²) < 4.78 is 4.90. The van der Waals surface area contributed by atoms with Crippen LogP contribution in [0.5, 0.6) is 0 Å². The zero-order chi connectivity index (χ0) is 11.8. The number of esters is 1. The second kappa shape index (κ2) is 6.65. The number of carbonyl (C=O) groups excluding carboxylic acids is 1. The smallest absolute Gasteiger partial charge is 0.338 e. The van der Waals surface area contributed by atoms with Crippen molar-refractivity contribution in [3.05, 3.63) is 35.4 Å². The lowest BCUT2D eigenvalue weighted by molar-refractivity contribution is 0.0526. The molecule has 0 saturated carbocycles. The summed E-state index contributed by atoms with van der Waals surface area (Å²) in [5, 5.41) is 0. The van der Waals surface area contributed by atoms with Gasteiger partial charge in [0.1, 0.15) is 0 Å². The summed E-state index contributed by atoms with van der Waals surface area (Å²) in [6, 6.07) is 7.08. The minimum atomic E-state index is -0.315. The first-order valence-electron chi connectivity index (χ1n) is 5.24. The molecule has 0 aliphatic heterocycles. The molecule has 0 aromatic heterocycles. The molecule has 1 rings (SSSR count). The van der Waals surface area contributed by atoms with E-state index in [9.17, 15) is 4.79 Å². The largest absolute Gasteiger partial charge is 0.462 e. The van der Waals surface area contributed by atoms with Crippen molar-refractivity contribution in [2.75, 3.05) is 13.2 Å². The van der Waals surface area contributed by atoms with Crippen LogP contribution in [0.25, 0.3) is 0 Å². The molecule has 0 amide bonds. The first-order chi connectivity index (χ1) is 7.77. The van der Waals surface area contributed by atoms with Gasteiger partial charge in [-0.3, -0.25) is 0 Å². The lowest BCUT2D eigenvalue weighted by atomic mass is 10.1. The second-order valence-corrected chi connectivity index (χ2v) is 3.14. The predicted octanol–water partition coefficient (Wildman–Crippen LogP) is 1.56. The molecule has 3 heteroatoms. The highest BCUT2D eigenvalue weighted by Gasteiger charge is 2.05. The van der Waals surface area contributed by atoms with Crippen LogP contribution in [-0.4, -0.2) is 19.1 Å². The summed E-state index contributed by atoms with van der Waals surface area (Å²) in [5.74, 6) is 5.55. The SMILES string of the molecule is CCOC(=O)c1cccc(C#CCCN)c1. The number of hydrogen-bond acceptors (Lipinski definition) is 3. The van der Waals surface area contributed by atoms with E-state index in [4.69, 9.17) is 10.5 Å². The second-order valence-electron chi connectivity index (χ2n) is 3.14. The molecule has 1 aromatic rings. The lowest BCUT2D eigenvalue weighted by Gasteiger charge is -2.01. The molecule has 0 heterocycles. The zero-order valence-corrected chi connectivity index (χ0v) is 9.32. The van der Waals surface area contributed by atoms with Crippen molar-refractivity contribution in [2.45, 2.75) is 13.3 Å². The van der Waals surface area contributed by atoms with Gasteiger partial charge in [-0.05, 0) is 25.1 Å². The molecule has 16 heavy (non-hydrogen) atoms. The molecule has 1 aromatic carbocycles. The third kappa shape index (κ3) is 3.76. The maximum atomic E-state index is 11.4. The molecular formula is C13H15NO2. The summed E-state index contributed by atoms with van der Waals surface area (Å²) in [6.45, 7) is 2.70. The van der Waals surface area contributed by atoms with E-state index in [0.717, 1.165) is 5.56 Å². The molecule has 3 nitrogen and oxygen atoms in total. The molecule has 2 N–H and O–H groups in total. The number of ether oxygens (including phenoxy) is 1. The van der Waals surface area contributed by atoms with Crippen molar-refractivity contribution >= 4 is 5.97 Å². The Kier molecular flexibility index (Phi) is 5.10. The molecule has 0 atom stereocenters. The van der Waals surface area contributed by atoms with E-state index >= 15 is 0 Å². The van der Waals surface area contributed by atoms with Crippen LogP contribution in [0.15, 0.2) is 24.3 Å². The predicted molar refractivity (Wildman–Crippen MR) is 62.9 cm³/mol. The molecule has 0 fully saturated rings. The van der Waals surface area contributed by atoms with Gasteiger partial charge in [0, 0.05) is 18.5 Å². The zero-order valence-electron chi connectivity index (χ0n) is 9.32. The van der Waals surface area contributed by atoms with Gasteiger partial charge in [0.05, 0.1) is 12.2 Å². The minimum absolute atomic E-state index is 0.315. The maximum absolute atomic E-state index is 11.4. The Balaban J connectivity index is 2.79. The first-order valence-corrected chi connectivity index (χ1v) is 5.24. The Bertz CT molecular complexity index is 415. The Labute approximate surface area is 95.6 Å². The fraction of sp³-hybridized carbons (Fsp3) is 0.308. The Morgan fingerprint density at radius 1 is 1.50 bits per heavy atom. The topological polar surface area (TPSA) is 52.3 Å². The summed E-state index contributed by atoms with van der Waals surface area (Å²) in [5.41, 5.74) is 6.67. The molecule has 0 radical (unpaired) electrons. The van der Waals surface area contributed by atoms with E-state index in [-0.39, 0.29) is 5.97 Å². The highest BCUT2D eigenvalue weighted by molar-refractivity contribution is 5.89. The number of nitrogens with two attached hydrogens (primary N) is 1. The number of benzene rings is 1. The number of hydrogen-bond donors (Lipinski definition) is 1. The Hall–Kier alpha value is -1.79. The van der Waals surface area contributed by atoms with E-state index in [2.05, 4.69) is 11.8 Å². The van der Waals surface area contributed by atoms with Crippen LogP contribution in [0.4, 0.5) is 0 Å². The van der Waals surface area contributed by atoms with Gasteiger partial charge in [-0.1, -0.05) is 17.9 Å². The van der Waals surface area contributed by atoms with Crippen LogP contribution in [0, 0.1) is 11.8 Å². The van der Waals surface area contributed by atoms with Gasteiger partial charge in [-0.25, -0.2) is 4.79 Å². The van der Waals surface area contributed by atoms with Gasteiger partial charge in [0.15, 0.2) is 0 Å². The maximum Gasteiger partial charge on any atom is 0.338 e.